The van der Waals surface area contributed by atoms with Crippen LogP contribution in [0.25, 0.3) is 0 Å². The number of carbonyl (C=O) groups is 1. The van der Waals surface area contributed by atoms with E-state index in [9.17, 15) is 4.79 Å². The second-order valence-electron chi connectivity index (χ2n) is 2.88. The minimum absolute atomic E-state index is 0.0608. The van der Waals surface area contributed by atoms with Crippen LogP contribution in [0.5, 0.6) is 0 Å². The van der Waals surface area contributed by atoms with Gasteiger partial charge in [0.05, 0.1) is 6.10 Å². The Labute approximate surface area is 66.2 Å². The lowest BCUT2D eigenvalue weighted by molar-refractivity contribution is -0.142. The molecule has 0 fully saturated rings. The zero-order chi connectivity index (χ0) is 9.02. The van der Waals surface area contributed by atoms with Crippen molar-refractivity contribution in [2.45, 2.75) is 39.0 Å². The summed E-state index contributed by atoms with van der Waals surface area (Å²) in [5.74, 6) is -1.02. The average molecular weight is 161 g/mol. The van der Waals surface area contributed by atoms with Crippen LogP contribution >= 0.6 is 0 Å². The Morgan fingerprint density at radius 1 is 1.36 bits per heavy atom. The number of hydrogen-bond donors (Lipinski definition) is 3. The molecule has 0 bridgehead atoms. The van der Waals surface area contributed by atoms with Crippen molar-refractivity contribution >= 4 is 5.97 Å². The van der Waals surface area contributed by atoms with Crippen molar-refractivity contribution in [1.29, 1.82) is 0 Å². The molecule has 0 saturated carbocycles. The zero-order valence-electron chi connectivity index (χ0n) is 7.03. The maximum Gasteiger partial charge on any atom is 0.323 e. The molecule has 0 heterocycles. The van der Waals surface area contributed by atoms with E-state index in [1.165, 1.54) is 6.92 Å². The summed E-state index contributed by atoms with van der Waals surface area (Å²) in [4.78, 5) is 10.5. The Morgan fingerprint density at radius 3 is 1.91 bits per heavy atom. The van der Waals surface area contributed by atoms with Gasteiger partial charge in [-0.1, -0.05) is 13.8 Å². The van der Waals surface area contributed by atoms with Gasteiger partial charge in [-0.2, -0.15) is 0 Å². The molecule has 0 amide bonds. The SMILES string of the molecule is CC(C)NC(C(=O)O)C(C)O. The topological polar surface area (TPSA) is 69.6 Å². The summed E-state index contributed by atoms with van der Waals surface area (Å²) >= 11 is 0. The minimum atomic E-state index is -1.02. The number of rotatable bonds is 4. The second kappa shape index (κ2) is 4.31. The summed E-state index contributed by atoms with van der Waals surface area (Å²) in [6, 6.07) is -0.805. The molecule has 11 heavy (non-hydrogen) atoms. The smallest absolute Gasteiger partial charge is 0.323 e. The molecule has 0 aromatic rings. The van der Waals surface area contributed by atoms with Crippen molar-refractivity contribution in [2.24, 2.45) is 0 Å². The third-order valence-electron chi connectivity index (χ3n) is 1.26. The normalized spacial score (nSPS) is 16.5. The molecule has 0 rings (SSSR count). The van der Waals surface area contributed by atoms with Gasteiger partial charge in [-0.25, -0.2) is 0 Å². The molecule has 0 radical (unpaired) electrons. The van der Waals surface area contributed by atoms with Crippen LogP contribution in [0.15, 0.2) is 0 Å². The molecular formula is C7H15NO3. The van der Waals surface area contributed by atoms with E-state index in [-0.39, 0.29) is 6.04 Å². The molecule has 0 aromatic heterocycles. The van der Waals surface area contributed by atoms with E-state index in [1.54, 1.807) is 0 Å². The lowest BCUT2D eigenvalue weighted by Gasteiger charge is -2.19. The monoisotopic (exact) mass is 161 g/mol. The van der Waals surface area contributed by atoms with E-state index >= 15 is 0 Å². The Kier molecular flexibility index (Phi) is 4.07. The molecule has 2 unspecified atom stereocenters. The van der Waals surface area contributed by atoms with E-state index < -0.39 is 18.1 Å². The first-order valence-electron chi connectivity index (χ1n) is 3.62. The van der Waals surface area contributed by atoms with Gasteiger partial charge in [-0.15, -0.1) is 0 Å². The Morgan fingerprint density at radius 2 is 1.82 bits per heavy atom. The number of nitrogens with one attached hydrogen (secondary N) is 1. The van der Waals surface area contributed by atoms with Crippen LogP contribution in [0.4, 0.5) is 0 Å². The number of aliphatic carboxylic acids is 1. The predicted octanol–water partition coefficient (Wildman–Crippen LogP) is -0.182. The van der Waals surface area contributed by atoms with Gasteiger partial charge < -0.3 is 15.5 Å². The number of aliphatic hydroxyl groups excluding tert-OH is 1. The molecule has 2 atom stereocenters. The van der Waals surface area contributed by atoms with E-state index in [2.05, 4.69) is 5.32 Å². The standard InChI is InChI=1S/C7H15NO3/c1-4(2)8-6(5(3)9)7(10)11/h4-6,8-9H,1-3H3,(H,10,11). The highest BCUT2D eigenvalue weighted by Gasteiger charge is 2.22. The summed E-state index contributed by atoms with van der Waals surface area (Å²) in [5.41, 5.74) is 0. The molecule has 0 aliphatic rings. The van der Waals surface area contributed by atoms with Gasteiger partial charge in [0.2, 0.25) is 0 Å². The third kappa shape index (κ3) is 3.95. The highest BCUT2D eigenvalue weighted by atomic mass is 16.4. The molecule has 66 valence electrons. The second-order valence-corrected chi connectivity index (χ2v) is 2.88. The van der Waals surface area contributed by atoms with Crippen LogP contribution in [-0.2, 0) is 4.79 Å². The van der Waals surface area contributed by atoms with E-state index in [1.807, 2.05) is 13.8 Å². The Balaban J connectivity index is 4.01. The van der Waals surface area contributed by atoms with Gasteiger partial charge in [0.25, 0.3) is 0 Å². The van der Waals surface area contributed by atoms with Crippen molar-refractivity contribution < 1.29 is 15.0 Å². The average Bonchev–Trinajstić information content (AvgIpc) is 1.81. The van der Waals surface area contributed by atoms with Crippen molar-refractivity contribution in [3.8, 4) is 0 Å². The van der Waals surface area contributed by atoms with Gasteiger partial charge in [0, 0.05) is 6.04 Å². The Hall–Kier alpha value is -0.610. The molecule has 3 N–H and O–H groups in total. The van der Waals surface area contributed by atoms with E-state index in [0.717, 1.165) is 0 Å². The number of aliphatic hydroxyl groups is 1. The molecule has 0 spiro atoms. The van der Waals surface area contributed by atoms with Gasteiger partial charge in [0.15, 0.2) is 0 Å². The maximum absolute atomic E-state index is 10.5. The molecule has 4 nitrogen and oxygen atoms in total. The fourth-order valence-corrected chi connectivity index (χ4v) is 0.776. The Bertz CT molecular complexity index is 134. The van der Waals surface area contributed by atoms with Crippen molar-refractivity contribution in [2.75, 3.05) is 0 Å². The zero-order valence-corrected chi connectivity index (χ0v) is 7.03. The molecular weight excluding hydrogens is 146 g/mol. The fraction of sp³-hybridized carbons (Fsp3) is 0.857. The summed E-state index contributed by atoms with van der Waals surface area (Å²) < 4.78 is 0. The highest BCUT2D eigenvalue weighted by molar-refractivity contribution is 5.74. The van der Waals surface area contributed by atoms with Crippen molar-refractivity contribution in [1.82, 2.24) is 5.32 Å². The third-order valence-corrected chi connectivity index (χ3v) is 1.26. The number of carboxylic acid groups (broad SMARTS) is 1. The largest absolute Gasteiger partial charge is 0.480 e. The van der Waals surface area contributed by atoms with Gasteiger partial charge in [-0.05, 0) is 6.92 Å². The van der Waals surface area contributed by atoms with Crippen molar-refractivity contribution in [3.05, 3.63) is 0 Å². The highest BCUT2D eigenvalue weighted by Crippen LogP contribution is 1.94. The molecule has 0 saturated heterocycles. The number of carboxylic acids is 1. The first-order chi connectivity index (χ1) is 4.95. The fourth-order valence-electron chi connectivity index (χ4n) is 0.776. The molecule has 4 heteroatoms. The van der Waals surface area contributed by atoms with Gasteiger partial charge >= 0.3 is 5.97 Å². The van der Waals surface area contributed by atoms with Crippen LogP contribution in [0.2, 0.25) is 0 Å². The summed E-state index contributed by atoms with van der Waals surface area (Å²) in [7, 11) is 0. The van der Waals surface area contributed by atoms with E-state index in [4.69, 9.17) is 10.2 Å². The predicted molar refractivity (Wildman–Crippen MR) is 41.4 cm³/mol. The number of hydrogen-bond acceptors (Lipinski definition) is 3. The molecule has 0 aliphatic heterocycles. The van der Waals surface area contributed by atoms with Crippen LogP contribution in [0.3, 0.4) is 0 Å². The quantitative estimate of drug-likeness (QED) is 0.535. The minimum Gasteiger partial charge on any atom is -0.480 e. The lowest BCUT2D eigenvalue weighted by atomic mass is 10.1. The van der Waals surface area contributed by atoms with Crippen LogP contribution in [0, 0.1) is 0 Å². The van der Waals surface area contributed by atoms with E-state index in [0.29, 0.717) is 0 Å². The first kappa shape index (κ1) is 10.4. The van der Waals surface area contributed by atoms with Crippen LogP contribution in [-0.4, -0.2) is 34.4 Å². The van der Waals surface area contributed by atoms with Crippen LogP contribution in [0.1, 0.15) is 20.8 Å². The first-order valence-corrected chi connectivity index (χ1v) is 3.62. The molecule has 0 aromatic carbocycles. The van der Waals surface area contributed by atoms with Gasteiger partial charge in [-0.3, -0.25) is 4.79 Å². The summed E-state index contributed by atoms with van der Waals surface area (Å²) in [6.07, 6.45) is -0.866. The van der Waals surface area contributed by atoms with Crippen LogP contribution < -0.4 is 5.32 Å². The lowest BCUT2D eigenvalue weighted by Crippen LogP contribution is -2.47. The summed E-state index contributed by atoms with van der Waals surface area (Å²) in [6.45, 7) is 5.12. The van der Waals surface area contributed by atoms with Gasteiger partial charge in [0.1, 0.15) is 6.04 Å². The van der Waals surface area contributed by atoms with Crippen molar-refractivity contribution in [3.63, 3.8) is 0 Å². The summed E-state index contributed by atoms with van der Waals surface area (Å²) in [5, 5.41) is 20.3. The molecule has 0 aliphatic carbocycles. The maximum atomic E-state index is 10.5.